The molecule has 4 rings (SSSR count). The van der Waals surface area contributed by atoms with Crippen LogP contribution in [0.4, 0.5) is 0 Å². The molecule has 1 fully saturated rings. The molecule has 0 saturated carbocycles. The summed E-state index contributed by atoms with van der Waals surface area (Å²) in [5.41, 5.74) is 1.38. The molecule has 2 heterocycles. The summed E-state index contributed by atoms with van der Waals surface area (Å²) < 4.78 is 19.6. The first kappa shape index (κ1) is 26.3. The van der Waals surface area contributed by atoms with Crippen molar-refractivity contribution in [1.29, 1.82) is 0 Å². The summed E-state index contributed by atoms with van der Waals surface area (Å²) >= 11 is 6.23. The molecule has 0 amide bonds. The van der Waals surface area contributed by atoms with E-state index < -0.39 is 5.60 Å². The van der Waals surface area contributed by atoms with E-state index in [1.165, 1.54) is 0 Å². The van der Waals surface area contributed by atoms with Crippen molar-refractivity contribution in [2.24, 2.45) is 0 Å². The summed E-state index contributed by atoms with van der Waals surface area (Å²) in [6.07, 6.45) is 5.98. The third-order valence-corrected chi connectivity index (χ3v) is 7.04. The fourth-order valence-corrected chi connectivity index (χ4v) is 4.62. The quantitative estimate of drug-likeness (QED) is 0.362. The Morgan fingerprint density at radius 1 is 1.03 bits per heavy atom. The normalized spacial score (nSPS) is 15.6. The number of halogens is 1. The van der Waals surface area contributed by atoms with Gasteiger partial charge in [-0.2, -0.15) is 0 Å². The zero-order valence-electron chi connectivity index (χ0n) is 21.4. The fourth-order valence-electron chi connectivity index (χ4n) is 4.45. The van der Waals surface area contributed by atoms with Gasteiger partial charge in [-0.15, -0.1) is 0 Å². The van der Waals surface area contributed by atoms with E-state index in [4.69, 9.17) is 25.8 Å². The first-order chi connectivity index (χ1) is 17.3. The Morgan fingerprint density at radius 3 is 2.56 bits per heavy atom. The van der Waals surface area contributed by atoms with E-state index in [1.54, 1.807) is 7.11 Å². The molecule has 7 nitrogen and oxygen atoms in total. The minimum atomic E-state index is -0.853. The van der Waals surface area contributed by atoms with Crippen LogP contribution in [0.5, 0.6) is 17.2 Å². The second-order valence-electron chi connectivity index (χ2n) is 9.58. The Morgan fingerprint density at radius 2 is 1.83 bits per heavy atom. The highest BCUT2D eigenvalue weighted by Gasteiger charge is 2.33. The SMILES string of the molecule is COc1cc(CN2CCC(O)(COc3cc(C)ccc3Cl)CC2)ccc1OCCCn1ccnc1C. The number of aromatic nitrogens is 2. The molecule has 0 radical (unpaired) electrons. The minimum Gasteiger partial charge on any atom is -0.493 e. The Labute approximate surface area is 218 Å². The number of rotatable bonds is 11. The van der Waals surface area contributed by atoms with E-state index >= 15 is 0 Å². The summed E-state index contributed by atoms with van der Waals surface area (Å²) in [7, 11) is 1.67. The first-order valence-electron chi connectivity index (χ1n) is 12.5. The summed E-state index contributed by atoms with van der Waals surface area (Å²) in [6, 6.07) is 11.8. The molecule has 0 spiro atoms. The summed E-state index contributed by atoms with van der Waals surface area (Å²) in [6.45, 7) is 8.08. The van der Waals surface area contributed by atoms with Crippen molar-refractivity contribution in [2.45, 2.75) is 51.8 Å². The average Bonchev–Trinajstić information content (AvgIpc) is 3.29. The van der Waals surface area contributed by atoms with Crippen molar-refractivity contribution >= 4 is 11.6 Å². The molecule has 1 saturated heterocycles. The lowest BCUT2D eigenvalue weighted by Crippen LogP contribution is -2.47. The number of likely N-dealkylation sites (tertiary alicyclic amines) is 1. The Balaban J connectivity index is 1.24. The maximum Gasteiger partial charge on any atom is 0.161 e. The van der Waals surface area contributed by atoms with Gasteiger partial charge in [0.05, 0.1) is 18.7 Å². The molecule has 2 aromatic carbocycles. The largest absolute Gasteiger partial charge is 0.493 e. The van der Waals surface area contributed by atoms with Gasteiger partial charge in [0.2, 0.25) is 0 Å². The van der Waals surface area contributed by atoms with E-state index in [-0.39, 0.29) is 6.61 Å². The van der Waals surface area contributed by atoms with Crippen molar-refractivity contribution in [1.82, 2.24) is 14.5 Å². The van der Waals surface area contributed by atoms with E-state index in [0.29, 0.717) is 30.2 Å². The van der Waals surface area contributed by atoms with Crippen LogP contribution in [0, 0.1) is 13.8 Å². The highest BCUT2D eigenvalue weighted by atomic mass is 35.5. The van der Waals surface area contributed by atoms with E-state index in [9.17, 15) is 5.11 Å². The number of ether oxygens (including phenoxy) is 3. The molecule has 36 heavy (non-hydrogen) atoms. The van der Waals surface area contributed by atoms with Crippen LogP contribution < -0.4 is 14.2 Å². The fraction of sp³-hybridized carbons (Fsp3) is 0.464. The molecule has 1 aliphatic rings. The van der Waals surface area contributed by atoms with Crippen LogP contribution in [0.15, 0.2) is 48.8 Å². The number of aryl methyl sites for hydroxylation is 3. The molecule has 0 unspecified atom stereocenters. The topological polar surface area (TPSA) is 69.0 Å². The van der Waals surface area contributed by atoms with Crippen molar-refractivity contribution in [3.05, 3.63) is 70.8 Å². The molecule has 8 heteroatoms. The van der Waals surface area contributed by atoms with Gasteiger partial charge in [-0.3, -0.25) is 4.90 Å². The second kappa shape index (κ2) is 12.0. The standard InChI is InChI=1S/C28H36ClN3O4/c1-21-5-7-24(29)26(17-21)36-20-28(33)9-13-31(14-10-28)19-23-6-8-25(27(18-23)34-3)35-16-4-12-32-15-11-30-22(32)2/h5-8,11,15,17-18,33H,4,9-10,12-14,16,19-20H2,1-3H3. The Kier molecular flexibility index (Phi) is 8.77. The third-order valence-electron chi connectivity index (χ3n) is 6.73. The molecule has 3 aromatic rings. The summed E-state index contributed by atoms with van der Waals surface area (Å²) in [5.74, 6) is 3.13. The van der Waals surface area contributed by atoms with Crippen LogP contribution in [0.2, 0.25) is 5.02 Å². The van der Waals surface area contributed by atoms with Crippen molar-refractivity contribution in [3.63, 3.8) is 0 Å². The minimum absolute atomic E-state index is 0.240. The summed E-state index contributed by atoms with van der Waals surface area (Å²) in [5, 5.41) is 11.6. The van der Waals surface area contributed by atoms with Crippen molar-refractivity contribution in [3.8, 4) is 17.2 Å². The molecule has 0 bridgehead atoms. The van der Waals surface area contributed by atoms with Gasteiger partial charge >= 0.3 is 0 Å². The highest BCUT2D eigenvalue weighted by molar-refractivity contribution is 6.32. The van der Waals surface area contributed by atoms with Gasteiger partial charge in [0.25, 0.3) is 0 Å². The van der Waals surface area contributed by atoms with Gasteiger partial charge in [0.15, 0.2) is 11.5 Å². The first-order valence-corrected chi connectivity index (χ1v) is 12.8. The van der Waals surface area contributed by atoms with Gasteiger partial charge in [-0.25, -0.2) is 4.98 Å². The van der Waals surface area contributed by atoms with Gasteiger partial charge in [0, 0.05) is 38.6 Å². The zero-order chi connectivity index (χ0) is 25.5. The van der Waals surface area contributed by atoms with Crippen LogP contribution in [0.3, 0.4) is 0 Å². The van der Waals surface area contributed by atoms with Crippen LogP contribution in [-0.4, -0.2) is 58.6 Å². The number of piperidine rings is 1. The smallest absolute Gasteiger partial charge is 0.161 e. The van der Waals surface area contributed by atoms with Crippen molar-refractivity contribution < 1.29 is 19.3 Å². The van der Waals surface area contributed by atoms with E-state index in [2.05, 4.69) is 20.5 Å². The van der Waals surface area contributed by atoms with Crippen LogP contribution in [0.1, 0.15) is 36.2 Å². The average molecular weight is 514 g/mol. The third kappa shape index (κ3) is 6.93. The molecule has 0 aliphatic carbocycles. The molecule has 0 atom stereocenters. The van der Waals surface area contributed by atoms with Crippen molar-refractivity contribution in [2.75, 3.05) is 33.4 Å². The number of hydrogen-bond donors (Lipinski definition) is 1. The Bertz CT molecular complexity index is 1140. The van der Waals surface area contributed by atoms with Crippen LogP contribution in [-0.2, 0) is 13.1 Å². The van der Waals surface area contributed by atoms with Gasteiger partial charge < -0.3 is 23.9 Å². The van der Waals surface area contributed by atoms with Gasteiger partial charge in [0.1, 0.15) is 23.8 Å². The van der Waals surface area contributed by atoms with Crippen LogP contribution in [0.25, 0.3) is 0 Å². The lowest BCUT2D eigenvalue weighted by atomic mass is 9.92. The number of nitrogens with zero attached hydrogens (tertiary/aromatic N) is 3. The maximum atomic E-state index is 11.0. The van der Waals surface area contributed by atoms with E-state index in [0.717, 1.165) is 61.1 Å². The Hall–Kier alpha value is -2.74. The van der Waals surface area contributed by atoms with Gasteiger partial charge in [-0.1, -0.05) is 23.7 Å². The molecular formula is C28H36ClN3O4. The predicted molar refractivity (Wildman–Crippen MR) is 141 cm³/mol. The molecular weight excluding hydrogens is 478 g/mol. The number of benzene rings is 2. The number of imidazole rings is 1. The molecule has 1 aliphatic heterocycles. The van der Waals surface area contributed by atoms with Crippen LogP contribution >= 0.6 is 11.6 Å². The monoisotopic (exact) mass is 513 g/mol. The molecule has 194 valence electrons. The highest BCUT2D eigenvalue weighted by Crippen LogP contribution is 2.31. The summed E-state index contributed by atoms with van der Waals surface area (Å²) in [4.78, 5) is 6.59. The lowest BCUT2D eigenvalue weighted by Gasteiger charge is -2.38. The van der Waals surface area contributed by atoms with Gasteiger partial charge in [-0.05, 0) is 68.5 Å². The predicted octanol–water partition coefficient (Wildman–Crippen LogP) is 5.04. The molecule has 1 aromatic heterocycles. The van der Waals surface area contributed by atoms with E-state index in [1.807, 2.05) is 56.6 Å². The molecule has 1 N–H and O–H groups in total. The maximum absolute atomic E-state index is 11.0. The zero-order valence-corrected chi connectivity index (χ0v) is 22.1. The number of aliphatic hydroxyl groups is 1. The second-order valence-corrected chi connectivity index (χ2v) is 9.99. The lowest BCUT2D eigenvalue weighted by molar-refractivity contribution is -0.0537. The number of hydrogen-bond acceptors (Lipinski definition) is 6. The number of methoxy groups -OCH3 is 1.